The van der Waals surface area contributed by atoms with E-state index in [4.69, 9.17) is 5.84 Å². The number of nitrogens with one attached hydrogen (secondary N) is 1. The van der Waals surface area contributed by atoms with Gasteiger partial charge in [0.15, 0.2) is 0 Å². The van der Waals surface area contributed by atoms with Crippen LogP contribution in [0, 0.1) is 19.7 Å². The van der Waals surface area contributed by atoms with Crippen molar-refractivity contribution in [3.8, 4) is 0 Å². The first-order chi connectivity index (χ1) is 9.01. The largest absolute Gasteiger partial charge is 0.271 e. The molecule has 0 aromatic heterocycles. The zero-order valence-corrected chi connectivity index (χ0v) is 12.5. The fraction of sp³-hybridized carbons (Fsp3) is 0.200. The van der Waals surface area contributed by atoms with Crippen molar-refractivity contribution < 1.29 is 4.39 Å². The molecule has 0 aliphatic rings. The van der Waals surface area contributed by atoms with Crippen LogP contribution in [0.1, 0.15) is 28.3 Å². The number of halogens is 2. The Kier molecular flexibility index (Phi) is 4.34. The maximum absolute atomic E-state index is 13.3. The van der Waals surface area contributed by atoms with Crippen LogP contribution in [-0.4, -0.2) is 0 Å². The molecule has 0 saturated heterocycles. The Bertz CT molecular complexity index is 578. The Morgan fingerprint density at radius 3 is 2.21 bits per heavy atom. The molecule has 0 radical (unpaired) electrons. The molecule has 2 rings (SSSR count). The average Bonchev–Trinajstić information content (AvgIpc) is 2.33. The predicted molar refractivity (Wildman–Crippen MR) is 79.2 cm³/mol. The molecule has 3 N–H and O–H groups in total. The first-order valence-electron chi connectivity index (χ1n) is 6.00. The summed E-state index contributed by atoms with van der Waals surface area (Å²) in [6.07, 6.45) is 0. The van der Waals surface area contributed by atoms with Gasteiger partial charge in [0.25, 0.3) is 0 Å². The topological polar surface area (TPSA) is 38.0 Å². The standard InChI is InChI=1S/C15H16BrFN2/c1-9-5-10(2)7-12(6-9)15(19-18)11-3-4-14(17)13(16)8-11/h3-8,15,19H,18H2,1-2H3. The van der Waals surface area contributed by atoms with Gasteiger partial charge in [0, 0.05) is 0 Å². The Balaban J connectivity index is 2.46. The molecule has 0 bridgehead atoms. The number of aryl methyl sites for hydroxylation is 2. The summed E-state index contributed by atoms with van der Waals surface area (Å²) in [5, 5.41) is 0. The van der Waals surface area contributed by atoms with E-state index >= 15 is 0 Å². The van der Waals surface area contributed by atoms with Gasteiger partial charge in [0.2, 0.25) is 0 Å². The van der Waals surface area contributed by atoms with Crippen LogP contribution >= 0.6 is 15.9 Å². The maximum atomic E-state index is 13.3. The summed E-state index contributed by atoms with van der Waals surface area (Å²) in [6, 6.07) is 11.0. The van der Waals surface area contributed by atoms with Crippen LogP contribution in [0.5, 0.6) is 0 Å². The van der Waals surface area contributed by atoms with E-state index in [-0.39, 0.29) is 11.9 Å². The highest BCUT2D eigenvalue weighted by Gasteiger charge is 2.14. The van der Waals surface area contributed by atoms with Crippen LogP contribution < -0.4 is 11.3 Å². The van der Waals surface area contributed by atoms with Crippen LogP contribution in [0.2, 0.25) is 0 Å². The number of benzene rings is 2. The first kappa shape index (κ1) is 14.2. The van der Waals surface area contributed by atoms with E-state index in [2.05, 4.69) is 39.6 Å². The van der Waals surface area contributed by atoms with Crippen molar-refractivity contribution in [1.29, 1.82) is 0 Å². The summed E-state index contributed by atoms with van der Waals surface area (Å²) < 4.78 is 13.7. The normalized spacial score (nSPS) is 12.5. The monoisotopic (exact) mass is 322 g/mol. The minimum Gasteiger partial charge on any atom is -0.271 e. The molecule has 0 aliphatic carbocycles. The molecule has 1 unspecified atom stereocenters. The van der Waals surface area contributed by atoms with Gasteiger partial charge in [-0.3, -0.25) is 5.84 Å². The highest BCUT2D eigenvalue weighted by Crippen LogP contribution is 2.26. The third-order valence-electron chi connectivity index (χ3n) is 3.02. The summed E-state index contributed by atoms with van der Waals surface area (Å²) in [4.78, 5) is 0. The molecule has 2 nitrogen and oxygen atoms in total. The van der Waals surface area contributed by atoms with Crippen LogP contribution in [0.15, 0.2) is 40.9 Å². The van der Waals surface area contributed by atoms with Crippen molar-refractivity contribution >= 4 is 15.9 Å². The Labute approximate surface area is 120 Å². The zero-order chi connectivity index (χ0) is 14.0. The second kappa shape index (κ2) is 5.82. The van der Waals surface area contributed by atoms with Crippen LogP contribution in [0.4, 0.5) is 4.39 Å². The third kappa shape index (κ3) is 3.21. The summed E-state index contributed by atoms with van der Waals surface area (Å²) >= 11 is 3.20. The fourth-order valence-corrected chi connectivity index (χ4v) is 2.65. The van der Waals surface area contributed by atoms with Gasteiger partial charge in [-0.1, -0.05) is 35.4 Å². The SMILES string of the molecule is Cc1cc(C)cc(C(NN)c2ccc(F)c(Br)c2)c1. The molecule has 2 aromatic rings. The minimum absolute atomic E-state index is 0.157. The van der Waals surface area contributed by atoms with E-state index in [1.807, 2.05) is 13.8 Å². The van der Waals surface area contributed by atoms with Gasteiger partial charge in [-0.25, -0.2) is 9.82 Å². The lowest BCUT2D eigenvalue weighted by Gasteiger charge is -2.18. The molecule has 100 valence electrons. The van der Waals surface area contributed by atoms with E-state index < -0.39 is 0 Å². The summed E-state index contributed by atoms with van der Waals surface area (Å²) in [5.74, 6) is 5.39. The number of hydrogen-bond acceptors (Lipinski definition) is 2. The highest BCUT2D eigenvalue weighted by atomic mass is 79.9. The fourth-order valence-electron chi connectivity index (χ4n) is 2.25. The van der Waals surface area contributed by atoms with Gasteiger partial charge in [0.05, 0.1) is 10.5 Å². The van der Waals surface area contributed by atoms with Gasteiger partial charge in [-0.2, -0.15) is 0 Å². The summed E-state index contributed by atoms with van der Waals surface area (Å²) in [6.45, 7) is 4.09. The maximum Gasteiger partial charge on any atom is 0.137 e. The Morgan fingerprint density at radius 2 is 1.68 bits per heavy atom. The van der Waals surface area contributed by atoms with E-state index in [0.29, 0.717) is 4.47 Å². The van der Waals surface area contributed by atoms with Gasteiger partial charge in [-0.15, -0.1) is 0 Å². The van der Waals surface area contributed by atoms with Gasteiger partial charge < -0.3 is 0 Å². The van der Waals surface area contributed by atoms with Gasteiger partial charge >= 0.3 is 0 Å². The van der Waals surface area contributed by atoms with Crippen molar-refractivity contribution in [2.45, 2.75) is 19.9 Å². The van der Waals surface area contributed by atoms with Gasteiger partial charge in [-0.05, 0) is 53.0 Å². The van der Waals surface area contributed by atoms with E-state index in [0.717, 1.165) is 11.1 Å². The Hall–Kier alpha value is -1.23. The molecular formula is C15H16BrFN2. The lowest BCUT2D eigenvalue weighted by atomic mass is 9.96. The lowest BCUT2D eigenvalue weighted by molar-refractivity contribution is 0.609. The summed E-state index contributed by atoms with van der Waals surface area (Å²) in [7, 11) is 0. The van der Waals surface area contributed by atoms with Gasteiger partial charge in [0.1, 0.15) is 5.82 Å². The number of hydrazine groups is 1. The van der Waals surface area contributed by atoms with Crippen LogP contribution in [0.3, 0.4) is 0 Å². The number of nitrogens with two attached hydrogens (primary N) is 1. The molecule has 1 atom stereocenters. The van der Waals surface area contributed by atoms with Crippen molar-refractivity contribution in [3.05, 3.63) is 68.9 Å². The molecule has 0 aliphatic heterocycles. The molecule has 0 heterocycles. The van der Waals surface area contributed by atoms with E-state index in [1.54, 1.807) is 12.1 Å². The second-order valence-electron chi connectivity index (χ2n) is 4.69. The molecule has 0 saturated carbocycles. The van der Waals surface area contributed by atoms with Crippen LogP contribution in [-0.2, 0) is 0 Å². The minimum atomic E-state index is -0.278. The molecule has 2 aromatic carbocycles. The predicted octanol–water partition coefficient (Wildman–Crippen LogP) is 3.76. The van der Waals surface area contributed by atoms with E-state index in [1.165, 1.54) is 17.2 Å². The summed E-state index contributed by atoms with van der Waals surface area (Å²) in [5.41, 5.74) is 7.13. The molecule has 19 heavy (non-hydrogen) atoms. The van der Waals surface area contributed by atoms with E-state index in [9.17, 15) is 4.39 Å². The lowest BCUT2D eigenvalue weighted by Crippen LogP contribution is -2.29. The molecule has 0 spiro atoms. The zero-order valence-electron chi connectivity index (χ0n) is 10.9. The second-order valence-corrected chi connectivity index (χ2v) is 5.55. The molecule has 4 heteroatoms. The highest BCUT2D eigenvalue weighted by molar-refractivity contribution is 9.10. The molecule has 0 amide bonds. The number of hydrogen-bond donors (Lipinski definition) is 2. The average molecular weight is 323 g/mol. The third-order valence-corrected chi connectivity index (χ3v) is 3.63. The molecule has 0 fully saturated rings. The quantitative estimate of drug-likeness (QED) is 0.667. The van der Waals surface area contributed by atoms with Crippen molar-refractivity contribution in [2.75, 3.05) is 0 Å². The van der Waals surface area contributed by atoms with Crippen molar-refractivity contribution in [2.24, 2.45) is 5.84 Å². The first-order valence-corrected chi connectivity index (χ1v) is 6.80. The van der Waals surface area contributed by atoms with Crippen molar-refractivity contribution in [1.82, 2.24) is 5.43 Å². The van der Waals surface area contributed by atoms with Crippen molar-refractivity contribution in [3.63, 3.8) is 0 Å². The van der Waals surface area contributed by atoms with Crippen LogP contribution in [0.25, 0.3) is 0 Å². The smallest absolute Gasteiger partial charge is 0.137 e. The Morgan fingerprint density at radius 1 is 1.05 bits per heavy atom. The molecular weight excluding hydrogens is 307 g/mol. The number of rotatable bonds is 3.